The Hall–Kier alpha value is -2.13. The van der Waals surface area contributed by atoms with Gasteiger partial charge in [-0.15, -0.1) is 0 Å². The summed E-state index contributed by atoms with van der Waals surface area (Å²) in [7, 11) is 0. The molecule has 100 valence electrons. The minimum Gasteiger partial charge on any atom is -0.386 e. The van der Waals surface area contributed by atoms with Gasteiger partial charge in [0.1, 0.15) is 5.84 Å². The summed E-state index contributed by atoms with van der Waals surface area (Å²) in [4.78, 5) is 15.9. The Balaban J connectivity index is 2.12. The molecule has 20 heavy (non-hydrogen) atoms. The first-order valence-corrected chi connectivity index (χ1v) is 6.68. The van der Waals surface area contributed by atoms with E-state index in [1.54, 1.807) is 19.1 Å². The van der Waals surface area contributed by atoms with Crippen LogP contribution in [0.2, 0.25) is 5.02 Å². The first kappa shape index (κ1) is 12.9. The number of Topliss-reactive ketones (excluding diaryl/α,β-unsaturated/α-hetero) is 1. The van der Waals surface area contributed by atoms with E-state index >= 15 is 0 Å². The highest BCUT2D eigenvalue weighted by atomic mass is 35.5. The third kappa shape index (κ3) is 2.10. The fourth-order valence-electron chi connectivity index (χ4n) is 2.51. The maximum absolute atomic E-state index is 11.5. The van der Waals surface area contributed by atoms with Gasteiger partial charge in [-0.25, -0.2) is 4.99 Å². The van der Waals surface area contributed by atoms with Crippen molar-refractivity contribution in [3.05, 3.63) is 64.2 Å². The predicted molar refractivity (Wildman–Crippen MR) is 81.0 cm³/mol. The minimum absolute atomic E-state index is 0.0340. The first-order valence-electron chi connectivity index (χ1n) is 6.30. The number of halogens is 1. The summed E-state index contributed by atoms with van der Waals surface area (Å²) in [5, 5.41) is 0.654. The molecule has 0 spiro atoms. The fourth-order valence-corrected chi connectivity index (χ4v) is 2.69. The van der Waals surface area contributed by atoms with Crippen molar-refractivity contribution in [1.82, 2.24) is 0 Å². The topological polar surface area (TPSA) is 55.5 Å². The molecule has 1 atom stereocenters. The second kappa shape index (κ2) is 4.76. The molecular formula is C16H13ClN2O. The van der Waals surface area contributed by atoms with E-state index in [2.05, 4.69) is 4.99 Å². The zero-order valence-corrected chi connectivity index (χ0v) is 11.7. The molecule has 1 aliphatic heterocycles. The van der Waals surface area contributed by atoms with Crippen LogP contribution in [0.5, 0.6) is 0 Å². The lowest BCUT2D eigenvalue weighted by atomic mass is 9.90. The first-order chi connectivity index (χ1) is 9.56. The van der Waals surface area contributed by atoms with Crippen molar-refractivity contribution in [2.75, 3.05) is 0 Å². The molecule has 1 aliphatic rings. The van der Waals surface area contributed by atoms with E-state index in [-0.39, 0.29) is 11.7 Å². The Morgan fingerprint density at radius 1 is 1.25 bits per heavy atom. The van der Waals surface area contributed by atoms with Crippen LogP contribution in [0, 0.1) is 0 Å². The number of benzene rings is 2. The number of carbonyl (C=O) groups is 1. The molecule has 2 aromatic carbocycles. The Morgan fingerprint density at radius 2 is 2.05 bits per heavy atom. The van der Waals surface area contributed by atoms with Crippen LogP contribution >= 0.6 is 11.6 Å². The summed E-state index contributed by atoms with van der Waals surface area (Å²) < 4.78 is 0. The Bertz CT molecular complexity index is 737. The van der Waals surface area contributed by atoms with E-state index < -0.39 is 0 Å². The number of aliphatic imine (C=N–C) groups is 1. The Kier molecular flexibility index (Phi) is 3.07. The monoisotopic (exact) mass is 284 g/mol. The van der Waals surface area contributed by atoms with Gasteiger partial charge in [-0.2, -0.15) is 0 Å². The predicted octanol–water partition coefficient (Wildman–Crippen LogP) is 3.68. The molecule has 3 rings (SSSR count). The maximum atomic E-state index is 11.5. The lowest BCUT2D eigenvalue weighted by Crippen LogP contribution is -2.19. The van der Waals surface area contributed by atoms with Gasteiger partial charge in [0, 0.05) is 10.6 Å². The van der Waals surface area contributed by atoms with Crippen LogP contribution in [-0.4, -0.2) is 11.6 Å². The van der Waals surface area contributed by atoms with Crippen molar-refractivity contribution in [3.63, 3.8) is 0 Å². The van der Waals surface area contributed by atoms with Crippen LogP contribution in [0.3, 0.4) is 0 Å². The van der Waals surface area contributed by atoms with Crippen molar-refractivity contribution in [3.8, 4) is 0 Å². The quantitative estimate of drug-likeness (QED) is 0.855. The third-order valence-corrected chi connectivity index (χ3v) is 3.71. The van der Waals surface area contributed by atoms with Crippen LogP contribution in [0.4, 0.5) is 5.69 Å². The van der Waals surface area contributed by atoms with E-state index in [1.165, 1.54) is 0 Å². The van der Waals surface area contributed by atoms with Gasteiger partial charge in [0.05, 0.1) is 11.6 Å². The summed E-state index contributed by atoms with van der Waals surface area (Å²) in [5.74, 6) is 0.428. The van der Waals surface area contributed by atoms with Gasteiger partial charge in [0.2, 0.25) is 0 Å². The highest BCUT2D eigenvalue weighted by Crippen LogP contribution is 2.39. The molecule has 0 bridgehead atoms. The smallest absolute Gasteiger partial charge is 0.159 e. The standard InChI is InChI=1S/C16H13ClN2O/c1-9(20)10-3-2-4-11(7-10)15-13-8-12(17)5-6-14(13)19-16(15)18/h2-8,15H,1H3,(H2,18,19). The summed E-state index contributed by atoms with van der Waals surface area (Å²) in [6.45, 7) is 1.55. The summed E-state index contributed by atoms with van der Waals surface area (Å²) in [6.07, 6.45) is 0. The minimum atomic E-state index is -0.136. The zero-order valence-electron chi connectivity index (χ0n) is 10.9. The van der Waals surface area contributed by atoms with Crippen LogP contribution in [0.25, 0.3) is 0 Å². The molecule has 0 saturated heterocycles. The number of amidine groups is 1. The van der Waals surface area contributed by atoms with Gasteiger partial charge >= 0.3 is 0 Å². The molecule has 0 aliphatic carbocycles. The number of ketones is 1. The van der Waals surface area contributed by atoms with Crippen LogP contribution in [-0.2, 0) is 0 Å². The van der Waals surface area contributed by atoms with E-state index in [9.17, 15) is 4.79 Å². The van der Waals surface area contributed by atoms with Crippen molar-refractivity contribution in [2.24, 2.45) is 10.7 Å². The van der Waals surface area contributed by atoms with E-state index in [0.29, 0.717) is 16.4 Å². The van der Waals surface area contributed by atoms with Crippen molar-refractivity contribution in [2.45, 2.75) is 12.8 Å². The molecular weight excluding hydrogens is 272 g/mol. The highest BCUT2D eigenvalue weighted by Gasteiger charge is 2.27. The summed E-state index contributed by atoms with van der Waals surface area (Å²) in [5.41, 5.74) is 9.51. The van der Waals surface area contributed by atoms with E-state index in [0.717, 1.165) is 16.8 Å². The van der Waals surface area contributed by atoms with Crippen LogP contribution in [0.15, 0.2) is 47.5 Å². The van der Waals surface area contributed by atoms with Gasteiger partial charge in [-0.05, 0) is 42.3 Å². The number of hydrogen-bond donors (Lipinski definition) is 1. The summed E-state index contributed by atoms with van der Waals surface area (Å²) in [6, 6.07) is 13.0. The Labute approximate surface area is 122 Å². The molecule has 2 N–H and O–H groups in total. The molecule has 3 nitrogen and oxygen atoms in total. The highest BCUT2D eigenvalue weighted by molar-refractivity contribution is 6.30. The van der Waals surface area contributed by atoms with Gasteiger partial charge < -0.3 is 5.73 Å². The molecule has 0 fully saturated rings. The molecule has 1 unspecified atom stereocenters. The van der Waals surface area contributed by atoms with Crippen molar-refractivity contribution in [1.29, 1.82) is 0 Å². The second-order valence-electron chi connectivity index (χ2n) is 4.85. The van der Waals surface area contributed by atoms with Gasteiger partial charge in [0.25, 0.3) is 0 Å². The van der Waals surface area contributed by atoms with Crippen LogP contribution < -0.4 is 5.73 Å². The molecule has 0 amide bonds. The largest absolute Gasteiger partial charge is 0.386 e. The van der Waals surface area contributed by atoms with Gasteiger partial charge in [-0.3, -0.25) is 4.79 Å². The average Bonchev–Trinajstić information content (AvgIpc) is 2.74. The molecule has 4 heteroatoms. The number of rotatable bonds is 2. The van der Waals surface area contributed by atoms with E-state index in [1.807, 2.05) is 30.3 Å². The lowest BCUT2D eigenvalue weighted by Gasteiger charge is -2.13. The zero-order chi connectivity index (χ0) is 14.3. The van der Waals surface area contributed by atoms with Gasteiger partial charge in [-0.1, -0.05) is 29.8 Å². The van der Waals surface area contributed by atoms with Crippen molar-refractivity contribution >= 4 is 28.9 Å². The second-order valence-corrected chi connectivity index (χ2v) is 5.29. The SMILES string of the molecule is CC(=O)c1cccc(C2C(N)=Nc3ccc(Cl)cc32)c1. The molecule has 1 heterocycles. The van der Waals surface area contributed by atoms with E-state index in [4.69, 9.17) is 17.3 Å². The van der Waals surface area contributed by atoms with Crippen LogP contribution in [0.1, 0.15) is 34.3 Å². The van der Waals surface area contributed by atoms with Crippen molar-refractivity contribution < 1.29 is 4.79 Å². The molecule has 2 aromatic rings. The Morgan fingerprint density at radius 3 is 2.80 bits per heavy atom. The number of carbonyl (C=O) groups excluding carboxylic acids is 1. The van der Waals surface area contributed by atoms with Gasteiger partial charge in [0.15, 0.2) is 5.78 Å². The summed E-state index contributed by atoms with van der Waals surface area (Å²) >= 11 is 6.06. The molecule has 0 saturated carbocycles. The number of nitrogens with zero attached hydrogens (tertiary/aromatic N) is 1. The number of nitrogens with two attached hydrogens (primary N) is 1. The normalized spacial score (nSPS) is 16.7. The number of hydrogen-bond acceptors (Lipinski definition) is 3. The maximum Gasteiger partial charge on any atom is 0.159 e. The number of fused-ring (bicyclic) bond motifs is 1. The molecule has 0 aromatic heterocycles. The lowest BCUT2D eigenvalue weighted by molar-refractivity contribution is 0.101. The fraction of sp³-hybridized carbons (Fsp3) is 0.125. The third-order valence-electron chi connectivity index (χ3n) is 3.47. The average molecular weight is 285 g/mol. The molecule has 0 radical (unpaired) electrons.